The number of hydrogen-bond donors (Lipinski definition) is 1. The summed E-state index contributed by atoms with van der Waals surface area (Å²) in [6.07, 6.45) is 5.27. The molecule has 0 saturated heterocycles. The lowest BCUT2D eigenvalue weighted by atomic mass is 10.0. The molecule has 2 rings (SSSR count). The highest BCUT2D eigenvalue weighted by Crippen LogP contribution is 2.19. The van der Waals surface area contributed by atoms with Crippen molar-refractivity contribution in [3.8, 4) is 0 Å². The molecule has 0 saturated carbocycles. The second-order valence-corrected chi connectivity index (χ2v) is 5.60. The van der Waals surface area contributed by atoms with E-state index >= 15 is 0 Å². The van der Waals surface area contributed by atoms with Crippen LogP contribution in [0.4, 0.5) is 0 Å². The van der Waals surface area contributed by atoms with Crippen LogP contribution in [0.5, 0.6) is 0 Å². The van der Waals surface area contributed by atoms with Gasteiger partial charge in [0.25, 0.3) is 0 Å². The first-order valence-corrected chi connectivity index (χ1v) is 7.44. The van der Waals surface area contributed by atoms with Gasteiger partial charge in [-0.3, -0.25) is 4.98 Å². The van der Waals surface area contributed by atoms with Gasteiger partial charge in [0, 0.05) is 18.1 Å². The Hall–Kier alpha value is -1.67. The molecule has 0 aliphatic carbocycles. The fourth-order valence-corrected chi connectivity index (χ4v) is 2.26. The molecule has 1 aromatic heterocycles. The van der Waals surface area contributed by atoms with Crippen LogP contribution < -0.4 is 5.32 Å². The van der Waals surface area contributed by atoms with Crippen molar-refractivity contribution in [2.45, 2.75) is 27.2 Å². The zero-order valence-electron chi connectivity index (χ0n) is 12.7. The van der Waals surface area contributed by atoms with Crippen molar-refractivity contribution in [2.24, 2.45) is 5.92 Å². The minimum absolute atomic E-state index is 0.690. The Morgan fingerprint density at radius 2 is 2.05 bits per heavy atom. The summed E-state index contributed by atoms with van der Waals surface area (Å²) in [4.78, 5) is 4.42. The van der Waals surface area contributed by atoms with Crippen LogP contribution in [0.1, 0.15) is 32.8 Å². The molecule has 106 valence electrons. The minimum atomic E-state index is 0.690. The summed E-state index contributed by atoms with van der Waals surface area (Å²) in [5.74, 6) is 0.690. The normalized spacial score (nSPS) is 12.3. The molecule has 0 aliphatic heterocycles. The smallest absolute Gasteiger partial charge is 0.0707 e. The number of para-hydroxylation sites is 1. The van der Waals surface area contributed by atoms with Gasteiger partial charge in [0.15, 0.2) is 0 Å². The first kappa shape index (κ1) is 14.7. The van der Waals surface area contributed by atoms with E-state index in [1.54, 1.807) is 0 Å². The molecule has 1 aromatic carbocycles. The molecule has 20 heavy (non-hydrogen) atoms. The number of rotatable bonds is 6. The maximum atomic E-state index is 4.42. The third-order valence-electron chi connectivity index (χ3n) is 3.40. The van der Waals surface area contributed by atoms with Gasteiger partial charge in [0.05, 0.1) is 5.52 Å². The van der Waals surface area contributed by atoms with E-state index in [4.69, 9.17) is 0 Å². The first-order chi connectivity index (χ1) is 9.70. The highest BCUT2D eigenvalue weighted by atomic mass is 14.9. The van der Waals surface area contributed by atoms with Gasteiger partial charge < -0.3 is 5.32 Å². The molecule has 1 heterocycles. The highest BCUT2D eigenvalue weighted by molar-refractivity contribution is 5.87. The average Bonchev–Trinajstić information content (AvgIpc) is 2.46. The van der Waals surface area contributed by atoms with E-state index in [1.807, 2.05) is 12.3 Å². The number of hydrogen-bond acceptors (Lipinski definition) is 2. The van der Waals surface area contributed by atoms with Gasteiger partial charge >= 0.3 is 0 Å². The van der Waals surface area contributed by atoms with Gasteiger partial charge in [-0.2, -0.15) is 0 Å². The molecule has 0 fully saturated rings. The zero-order chi connectivity index (χ0) is 14.4. The second-order valence-electron chi connectivity index (χ2n) is 5.60. The maximum absolute atomic E-state index is 4.42. The summed E-state index contributed by atoms with van der Waals surface area (Å²) in [7, 11) is 0. The van der Waals surface area contributed by atoms with Crippen LogP contribution in [-0.4, -0.2) is 18.1 Å². The quantitative estimate of drug-likeness (QED) is 0.846. The first-order valence-electron chi connectivity index (χ1n) is 7.44. The second kappa shape index (κ2) is 7.20. The molecule has 2 heteroatoms. The van der Waals surface area contributed by atoms with Crippen molar-refractivity contribution in [3.05, 3.63) is 47.7 Å². The Bertz CT molecular complexity index is 579. The summed E-state index contributed by atoms with van der Waals surface area (Å²) in [5, 5.41) is 4.75. The monoisotopic (exact) mass is 268 g/mol. The molecule has 0 aliphatic rings. The lowest BCUT2D eigenvalue weighted by Gasteiger charge is -2.10. The lowest BCUT2D eigenvalue weighted by Crippen LogP contribution is -2.21. The van der Waals surface area contributed by atoms with E-state index in [2.05, 4.69) is 61.4 Å². The molecule has 1 N–H and O–H groups in total. The number of aromatic nitrogens is 1. The summed E-state index contributed by atoms with van der Waals surface area (Å²) >= 11 is 0. The number of pyridine rings is 1. The molecule has 0 unspecified atom stereocenters. The van der Waals surface area contributed by atoms with E-state index in [-0.39, 0.29) is 0 Å². The molecule has 0 atom stereocenters. The van der Waals surface area contributed by atoms with Crippen molar-refractivity contribution in [3.63, 3.8) is 0 Å². The van der Waals surface area contributed by atoms with Crippen molar-refractivity contribution in [2.75, 3.05) is 13.1 Å². The standard InChI is InChI=1S/C18H24N2/c1-4-15(13-19-12-14(2)3)11-16-9-10-20-18-8-6-5-7-17(16)18/h5-11,14,19H,4,12-13H2,1-3H3. The van der Waals surface area contributed by atoms with Gasteiger partial charge in [-0.05, 0) is 36.6 Å². The van der Waals surface area contributed by atoms with Crippen LogP contribution in [0.2, 0.25) is 0 Å². The van der Waals surface area contributed by atoms with Crippen LogP contribution in [0.25, 0.3) is 17.0 Å². The Morgan fingerprint density at radius 1 is 1.25 bits per heavy atom. The van der Waals surface area contributed by atoms with E-state index < -0.39 is 0 Å². The molecule has 0 amide bonds. The molecular formula is C18H24N2. The van der Waals surface area contributed by atoms with Gasteiger partial charge in [-0.25, -0.2) is 0 Å². The highest BCUT2D eigenvalue weighted by Gasteiger charge is 2.01. The van der Waals surface area contributed by atoms with Gasteiger partial charge in [-0.15, -0.1) is 0 Å². The number of nitrogens with one attached hydrogen (secondary N) is 1. The third-order valence-corrected chi connectivity index (χ3v) is 3.40. The van der Waals surface area contributed by atoms with E-state index in [1.165, 1.54) is 16.5 Å². The van der Waals surface area contributed by atoms with Gasteiger partial charge in [0.2, 0.25) is 0 Å². The molecule has 0 radical (unpaired) electrons. The van der Waals surface area contributed by atoms with Crippen molar-refractivity contribution in [1.82, 2.24) is 10.3 Å². The number of benzene rings is 1. The van der Waals surface area contributed by atoms with Crippen LogP contribution >= 0.6 is 0 Å². The van der Waals surface area contributed by atoms with Crippen LogP contribution in [-0.2, 0) is 0 Å². The van der Waals surface area contributed by atoms with E-state index in [0.717, 1.165) is 25.0 Å². The Labute approximate surface area is 121 Å². The Kier molecular flexibility index (Phi) is 5.31. The SMILES string of the molecule is CCC(=Cc1ccnc2ccccc12)CNCC(C)C. The summed E-state index contributed by atoms with van der Waals surface area (Å²) in [5.41, 5.74) is 3.76. The van der Waals surface area contributed by atoms with Crippen molar-refractivity contribution in [1.29, 1.82) is 0 Å². The van der Waals surface area contributed by atoms with Gasteiger partial charge in [0.1, 0.15) is 0 Å². The third kappa shape index (κ3) is 3.91. The van der Waals surface area contributed by atoms with Gasteiger partial charge in [-0.1, -0.05) is 50.6 Å². The lowest BCUT2D eigenvalue weighted by molar-refractivity contribution is 0.569. The fraction of sp³-hybridized carbons (Fsp3) is 0.389. The summed E-state index contributed by atoms with van der Waals surface area (Å²) in [6, 6.07) is 10.4. The predicted octanol–water partition coefficient (Wildman–Crippen LogP) is 4.27. The molecule has 0 bridgehead atoms. The van der Waals surface area contributed by atoms with Crippen LogP contribution in [0.15, 0.2) is 42.1 Å². The summed E-state index contributed by atoms with van der Waals surface area (Å²) in [6.45, 7) is 8.71. The number of fused-ring (bicyclic) bond motifs is 1. The molecule has 2 nitrogen and oxygen atoms in total. The van der Waals surface area contributed by atoms with Crippen molar-refractivity contribution < 1.29 is 0 Å². The zero-order valence-corrected chi connectivity index (χ0v) is 12.7. The summed E-state index contributed by atoms with van der Waals surface area (Å²) < 4.78 is 0. The van der Waals surface area contributed by atoms with E-state index in [9.17, 15) is 0 Å². The average molecular weight is 268 g/mol. The van der Waals surface area contributed by atoms with E-state index in [0.29, 0.717) is 5.92 Å². The Morgan fingerprint density at radius 3 is 2.80 bits per heavy atom. The number of nitrogens with zero attached hydrogens (tertiary/aromatic N) is 1. The molecule has 0 spiro atoms. The fourth-order valence-electron chi connectivity index (χ4n) is 2.26. The predicted molar refractivity (Wildman–Crippen MR) is 87.7 cm³/mol. The molecule has 2 aromatic rings. The largest absolute Gasteiger partial charge is 0.313 e. The minimum Gasteiger partial charge on any atom is -0.313 e. The Balaban J connectivity index is 2.21. The maximum Gasteiger partial charge on any atom is 0.0707 e. The topological polar surface area (TPSA) is 24.9 Å². The van der Waals surface area contributed by atoms with Crippen LogP contribution in [0, 0.1) is 5.92 Å². The van der Waals surface area contributed by atoms with Crippen molar-refractivity contribution >= 4 is 17.0 Å². The molecular weight excluding hydrogens is 244 g/mol. The van der Waals surface area contributed by atoms with Crippen LogP contribution in [0.3, 0.4) is 0 Å².